The summed E-state index contributed by atoms with van der Waals surface area (Å²) in [7, 11) is 0. The number of hydrogen-bond acceptors (Lipinski definition) is 5. The third-order valence-corrected chi connectivity index (χ3v) is 6.20. The van der Waals surface area contributed by atoms with Crippen LogP contribution in [-0.2, 0) is 6.54 Å². The molecule has 1 aliphatic heterocycles. The summed E-state index contributed by atoms with van der Waals surface area (Å²) < 4.78 is 0. The maximum Gasteiger partial charge on any atom is 0.254 e. The lowest BCUT2D eigenvalue weighted by atomic mass is 10.1. The Morgan fingerprint density at radius 2 is 1.94 bits per heavy atom. The van der Waals surface area contributed by atoms with E-state index >= 15 is 0 Å². The molecule has 5 rings (SSSR count). The molecule has 0 bridgehead atoms. The maximum absolute atomic E-state index is 13.4. The van der Waals surface area contributed by atoms with Crippen molar-refractivity contribution in [2.24, 2.45) is 0 Å². The Balaban J connectivity index is 1.30. The fraction of sp³-hybridized carbons (Fsp3) is 0.185. The van der Waals surface area contributed by atoms with Gasteiger partial charge in [0.25, 0.3) is 5.91 Å². The van der Waals surface area contributed by atoms with Crippen molar-refractivity contribution in [1.29, 1.82) is 0 Å². The molecule has 2 aromatic heterocycles. The second-order valence-electron chi connectivity index (χ2n) is 8.26. The van der Waals surface area contributed by atoms with Crippen molar-refractivity contribution < 1.29 is 4.79 Å². The molecule has 2 aromatic carbocycles. The Kier molecular flexibility index (Phi) is 6.49. The van der Waals surface area contributed by atoms with Gasteiger partial charge in [0.2, 0.25) is 0 Å². The number of hydrogen-bond donors (Lipinski definition) is 1. The molecule has 1 fully saturated rings. The molecule has 1 saturated heterocycles. The number of likely N-dealkylation sites (tertiary alicyclic amines) is 1. The number of rotatable bonds is 6. The van der Waals surface area contributed by atoms with Crippen LogP contribution in [0.3, 0.4) is 0 Å². The molecule has 170 valence electrons. The number of aromatic nitrogens is 3. The lowest BCUT2D eigenvalue weighted by molar-refractivity contribution is 0.0733. The van der Waals surface area contributed by atoms with Gasteiger partial charge in [-0.05, 0) is 66.9 Å². The monoisotopic (exact) mass is 469 g/mol. The van der Waals surface area contributed by atoms with E-state index in [4.69, 9.17) is 16.6 Å². The fourth-order valence-corrected chi connectivity index (χ4v) is 4.44. The molecule has 1 aliphatic rings. The predicted octanol–water partition coefficient (Wildman–Crippen LogP) is 5.78. The van der Waals surface area contributed by atoms with Crippen LogP contribution >= 0.6 is 11.6 Å². The lowest BCUT2D eigenvalue weighted by Crippen LogP contribution is -2.31. The number of nitrogens with zero attached hydrogens (tertiary/aromatic N) is 4. The standard InChI is InChI=1S/C27H24ClN5O/c28-22-6-1-5-21(16-22)26-30-14-12-24(32-26)25-7-3-15-33(25)27(34)20-8-10-23(11-9-20)31-18-19-4-2-13-29-17-19/h1-2,4-6,8-14,16-17,25,31H,3,7,15,18H2/t25-/m0/s1. The Labute approximate surface area is 203 Å². The van der Waals surface area contributed by atoms with Crippen molar-refractivity contribution in [1.82, 2.24) is 19.9 Å². The van der Waals surface area contributed by atoms with E-state index in [-0.39, 0.29) is 11.9 Å². The minimum absolute atomic E-state index is 0.0178. The predicted molar refractivity (Wildman–Crippen MR) is 133 cm³/mol. The molecule has 7 heteroatoms. The number of amides is 1. The van der Waals surface area contributed by atoms with Gasteiger partial charge in [0, 0.05) is 53.5 Å². The van der Waals surface area contributed by atoms with Crippen molar-refractivity contribution in [3.05, 3.63) is 107 Å². The number of carbonyl (C=O) groups is 1. The van der Waals surface area contributed by atoms with E-state index in [0.29, 0.717) is 29.5 Å². The van der Waals surface area contributed by atoms with E-state index in [9.17, 15) is 4.79 Å². The maximum atomic E-state index is 13.4. The van der Waals surface area contributed by atoms with Crippen molar-refractivity contribution >= 4 is 23.2 Å². The van der Waals surface area contributed by atoms with Crippen LogP contribution in [0.25, 0.3) is 11.4 Å². The van der Waals surface area contributed by atoms with E-state index in [0.717, 1.165) is 35.3 Å². The van der Waals surface area contributed by atoms with Gasteiger partial charge < -0.3 is 10.2 Å². The van der Waals surface area contributed by atoms with Crippen LogP contribution in [0.5, 0.6) is 0 Å². The van der Waals surface area contributed by atoms with Crippen LogP contribution < -0.4 is 5.32 Å². The van der Waals surface area contributed by atoms with Crippen molar-refractivity contribution in [2.45, 2.75) is 25.4 Å². The second-order valence-corrected chi connectivity index (χ2v) is 8.70. The third-order valence-electron chi connectivity index (χ3n) is 5.97. The zero-order chi connectivity index (χ0) is 23.3. The van der Waals surface area contributed by atoms with Crippen molar-refractivity contribution in [2.75, 3.05) is 11.9 Å². The highest BCUT2D eigenvalue weighted by Gasteiger charge is 2.31. The third kappa shape index (κ3) is 4.92. The minimum atomic E-state index is -0.0724. The number of anilines is 1. The highest BCUT2D eigenvalue weighted by atomic mass is 35.5. The SMILES string of the molecule is O=C(c1ccc(NCc2cccnc2)cc1)N1CCC[C@H]1c1ccnc(-c2cccc(Cl)c2)n1. The molecule has 4 aromatic rings. The first-order valence-corrected chi connectivity index (χ1v) is 11.7. The molecule has 34 heavy (non-hydrogen) atoms. The average Bonchev–Trinajstić information content (AvgIpc) is 3.38. The highest BCUT2D eigenvalue weighted by Crippen LogP contribution is 2.33. The summed E-state index contributed by atoms with van der Waals surface area (Å²) in [6.07, 6.45) is 7.17. The molecular weight excluding hydrogens is 446 g/mol. The normalized spacial score (nSPS) is 15.3. The minimum Gasteiger partial charge on any atom is -0.381 e. The number of carbonyl (C=O) groups excluding carboxylic acids is 1. The first-order valence-electron chi connectivity index (χ1n) is 11.3. The molecule has 0 saturated carbocycles. The molecule has 6 nitrogen and oxygen atoms in total. The first-order chi connectivity index (χ1) is 16.7. The molecular formula is C27H24ClN5O. The van der Waals surface area contributed by atoms with E-state index in [1.165, 1.54) is 0 Å². The van der Waals surface area contributed by atoms with Gasteiger partial charge in [-0.25, -0.2) is 9.97 Å². The Morgan fingerprint density at radius 1 is 1.06 bits per heavy atom. The number of nitrogens with one attached hydrogen (secondary N) is 1. The topological polar surface area (TPSA) is 71.0 Å². The number of halogens is 1. The lowest BCUT2D eigenvalue weighted by Gasteiger charge is -2.24. The van der Waals surface area contributed by atoms with Gasteiger partial charge in [-0.3, -0.25) is 9.78 Å². The van der Waals surface area contributed by atoms with Gasteiger partial charge in [-0.15, -0.1) is 0 Å². The van der Waals surface area contributed by atoms with Crippen LogP contribution in [0.2, 0.25) is 5.02 Å². The van der Waals surface area contributed by atoms with Gasteiger partial charge >= 0.3 is 0 Å². The van der Waals surface area contributed by atoms with Gasteiger partial charge in [-0.2, -0.15) is 0 Å². The van der Waals surface area contributed by atoms with E-state index in [1.54, 1.807) is 12.4 Å². The van der Waals surface area contributed by atoms with E-state index in [2.05, 4.69) is 15.3 Å². The van der Waals surface area contributed by atoms with E-state index < -0.39 is 0 Å². The second kappa shape index (κ2) is 10.0. The zero-order valence-corrected chi connectivity index (χ0v) is 19.3. The summed E-state index contributed by atoms with van der Waals surface area (Å²) in [5, 5.41) is 4.01. The Bertz CT molecular complexity index is 1280. The molecule has 0 radical (unpaired) electrons. The highest BCUT2D eigenvalue weighted by molar-refractivity contribution is 6.30. The fourth-order valence-electron chi connectivity index (χ4n) is 4.25. The smallest absolute Gasteiger partial charge is 0.254 e. The molecule has 3 heterocycles. The molecule has 1 amide bonds. The summed E-state index contributed by atoms with van der Waals surface area (Å²) in [6, 6.07) is 20.9. The molecule has 0 aliphatic carbocycles. The summed E-state index contributed by atoms with van der Waals surface area (Å²) in [6.45, 7) is 1.39. The van der Waals surface area contributed by atoms with Gasteiger partial charge in [0.1, 0.15) is 0 Å². The Morgan fingerprint density at radius 3 is 2.74 bits per heavy atom. The number of pyridine rings is 1. The van der Waals surface area contributed by atoms with Crippen LogP contribution in [0.15, 0.2) is 85.3 Å². The zero-order valence-electron chi connectivity index (χ0n) is 18.6. The van der Waals surface area contributed by atoms with Gasteiger partial charge in [0.05, 0.1) is 11.7 Å². The molecule has 0 unspecified atom stereocenters. The van der Waals surface area contributed by atoms with Crippen molar-refractivity contribution in [3.63, 3.8) is 0 Å². The summed E-state index contributed by atoms with van der Waals surface area (Å²) in [5.41, 5.74) is 4.44. The van der Waals surface area contributed by atoms with Crippen LogP contribution in [0.1, 0.15) is 40.5 Å². The van der Waals surface area contributed by atoms with Crippen LogP contribution in [-0.4, -0.2) is 32.3 Å². The quantitative estimate of drug-likeness (QED) is 0.387. The van der Waals surface area contributed by atoms with Crippen molar-refractivity contribution in [3.8, 4) is 11.4 Å². The Hall–Kier alpha value is -3.77. The molecule has 1 atom stereocenters. The average molecular weight is 470 g/mol. The van der Waals surface area contributed by atoms with Gasteiger partial charge in [-0.1, -0.05) is 29.8 Å². The molecule has 0 spiro atoms. The van der Waals surface area contributed by atoms with Gasteiger partial charge in [0.15, 0.2) is 5.82 Å². The summed E-state index contributed by atoms with van der Waals surface area (Å²) in [5.74, 6) is 0.632. The summed E-state index contributed by atoms with van der Waals surface area (Å²) in [4.78, 5) is 28.6. The summed E-state index contributed by atoms with van der Waals surface area (Å²) >= 11 is 6.14. The van der Waals surface area contributed by atoms with E-state index in [1.807, 2.05) is 77.8 Å². The van der Waals surface area contributed by atoms with Crippen LogP contribution in [0.4, 0.5) is 5.69 Å². The largest absolute Gasteiger partial charge is 0.381 e. The van der Waals surface area contributed by atoms with Crippen LogP contribution in [0, 0.1) is 0 Å². The molecule has 1 N–H and O–H groups in total. The number of benzene rings is 2. The first kappa shape index (κ1) is 22.0.